The van der Waals surface area contributed by atoms with Crippen molar-refractivity contribution in [2.24, 2.45) is 5.92 Å². The third-order valence-electron chi connectivity index (χ3n) is 8.11. The molecule has 4 aliphatic rings. The predicted molar refractivity (Wildman–Crippen MR) is 134 cm³/mol. The van der Waals surface area contributed by atoms with Gasteiger partial charge in [0.1, 0.15) is 11.5 Å². The Bertz CT molecular complexity index is 1110. The number of nitrogens with zero attached hydrogens (tertiary/aromatic N) is 3. The molecule has 0 N–H and O–H groups in total. The average Bonchev–Trinajstić information content (AvgIpc) is 2.99. The van der Waals surface area contributed by atoms with Gasteiger partial charge in [-0.15, -0.1) is 0 Å². The molecule has 2 fully saturated rings. The maximum atomic E-state index is 13.7. The fraction of sp³-hybridized carbons (Fsp3) is 0.500. The quantitative estimate of drug-likeness (QED) is 0.643. The minimum Gasteiger partial charge on any atom is -0.497 e. The number of piperidine rings is 1. The van der Waals surface area contributed by atoms with Gasteiger partial charge in [0.05, 0.1) is 32.2 Å². The number of amides is 3. The van der Waals surface area contributed by atoms with E-state index >= 15 is 0 Å². The van der Waals surface area contributed by atoms with Crippen LogP contribution in [0.1, 0.15) is 50.2 Å². The van der Waals surface area contributed by atoms with E-state index in [-0.39, 0.29) is 23.8 Å². The van der Waals surface area contributed by atoms with Gasteiger partial charge in [0.2, 0.25) is 5.91 Å². The first kappa shape index (κ1) is 23.5. The number of allylic oxidation sites excluding steroid dienone is 4. The predicted octanol–water partition coefficient (Wildman–Crippen LogP) is 4.46. The second-order valence-electron chi connectivity index (χ2n) is 9.87. The molecular weight excluding hydrogens is 442 g/mol. The molecule has 0 saturated carbocycles. The van der Waals surface area contributed by atoms with E-state index in [1.807, 2.05) is 52.0 Å². The van der Waals surface area contributed by atoms with E-state index in [1.165, 1.54) is 0 Å². The third-order valence-corrected chi connectivity index (χ3v) is 8.11. The van der Waals surface area contributed by atoms with Gasteiger partial charge in [-0.1, -0.05) is 37.3 Å². The van der Waals surface area contributed by atoms with E-state index in [4.69, 9.17) is 9.47 Å². The summed E-state index contributed by atoms with van der Waals surface area (Å²) in [4.78, 5) is 32.8. The number of methoxy groups -OCH3 is 2. The standard InChI is InChI=1S/C28H35N3O4/c1-5-31-27(33)30-18-21-16-22(34-3)17-23(35-4)25(21)19(2)15-24(30)28(31)11-13-29(14-12-28)26(32)20-9-7-6-8-10-20/h6-9,15-17,19-20H,5,10-14,18H2,1-4H3/t19-,20?/m0/s1. The zero-order valence-electron chi connectivity index (χ0n) is 21.1. The summed E-state index contributed by atoms with van der Waals surface area (Å²) in [5.41, 5.74) is 2.83. The number of likely N-dealkylation sites (N-methyl/N-ethyl adjacent to an activating group) is 1. The van der Waals surface area contributed by atoms with Crippen LogP contribution in [0.5, 0.6) is 11.5 Å². The Kier molecular flexibility index (Phi) is 6.11. The molecule has 7 heteroatoms. The Balaban J connectivity index is 1.47. The summed E-state index contributed by atoms with van der Waals surface area (Å²) in [6.45, 7) is 6.64. The van der Waals surface area contributed by atoms with Crippen molar-refractivity contribution in [1.82, 2.24) is 14.7 Å². The van der Waals surface area contributed by atoms with Crippen LogP contribution in [0, 0.1) is 5.92 Å². The van der Waals surface area contributed by atoms with E-state index in [1.54, 1.807) is 14.2 Å². The van der Waals surface area contributed by atoms with Crippen molar-refractivity contribution in [3.63, 3.8) is 0 Å². The number of hydrogen-bond acceptors (Lipinski definition) is 4. The van der Waals surface area contributed by atoms with Crippen LogP contribution in [0.4, 0.5) is 4.79 Å². The molecule has 5 rings (SSSR count). The molecular formula is C28H35N3O4. The van der Waals surface area contributed by atoms with E-state index in [9.17, 15) is 9.59 Å². The van der Waals surface area contributed by atoms with Crippen LogP contribution in [0.2, 0.25) is 0 Å². The molecule has 0 aromatic heterocycles. The Labute approximate surface area is 207 Å². The van der Waals surface area contributed by atoms with Crippen LogP contribution >= 0.6 is 0 Å². The Morgan fingerprint density at radius 1 is 1.14 bits per heavy atom. The molecule has 0 radical (unpaired) electrons. The summed E-state index contributed by atoms with van der Waals surface area (Å²) < 4.78 is 11.2. The minimum atomic E-state index is -0.390. The highest BCUT2D eigenvalue weighted by Crippen LogP contribution is 2.49. The van der Waals surface area contributed by atoms with E-state index in [0.29, 0.717) is 26.2 Å². The highest BCUT2D eigenvalue weighted by molar-refractivity contribution is 5.84. The number of ether oxygens (including phenoxy) is 2. The number of carbonyl (C=O) groups is 2. The fourth-order valence-corrected chi connectivity index (χ4v) is 6.36. The van der Waals surface area contributed by atoms with Gasteiger partial charge >= 0.3 is 6.03 Å². The molecule has 1 unspecified atom stereocenters. The third kappa shape index (κ3) is 3.72. The molecule has 3 heterocycles. The van der Waals surface area contributed by atoms with Gasteiger partial charge in [-0.2, -0.15) is 0 Å². The monoisotopic (exact) mass is 477 g/mol. The normalized spacial score (nSPS) is 24.7. The molecule has 1 aliphatic carbocycles. The summed E-state index contributed by atoms with van der Waals surface area (Å²) in [6.07, 6.45) is 12.5. The second-order valence-corrected chi connectivity index (χ2v) is 9.87. The summed E-state index contributed by atoms with van der Waals surface area (Å²) in [5.74, 6) is 1.70. The summed E-state index contributed by atoms with van der Waals surface area (Å²) in [5, 5.41) is 0. The van der Waals surface area contributed by atoms with Crippen LogP contribution in [0.25, 0.3) is 0 Å². The lowest BCUT2D eigenvalue weighted by Gasteiger charge is -2.45. The first-order valence-corrected chi connectivity index (χ1v) is 12.6. The Morgan fingerprint density at radius 2 is 1.91 bits per heavy atom. The van der Waals surface area contributed by atoms with Crippen LogP contribution < -0.4 is 9.47 Å². The zero-order chi connectivity index (χ0) is 24.7. The number of carbonyl (C=O) groups excluding carboxylic acids is 2. The second kappa shape index (κ2) is 9.10. The number of hydrogen-bond donors (Lipinski definition) is 0. The minimum absolute atomic E-state index is 0.0423. The van der Waals surface area contributed by atoms with Crippen LogP contribution in [-0.2, 0) is 11.3 Å². The van der Waals surface area contributed by atoms with Gasteiger partial charge in [0.15, 0.2) is 0 Å². The topological polar surface area (TPSA) is 62.3 Å². The fourth-order valence-electron chi connectivity index (χ4n) is 6.36. The van der Waals surface area contributed by atoms with Crippen molar-refractivity contribution in [3.05, 3.63) is 59.3 Å². The number of benzene rings is 1. The molecule has 2 saturated heterocycles. The number of likely N-dealkylation sites (tertiary alicyclic amines) is 1. The molecule has 35 heavy (non-hydrogen) atoms. The van der Waals surface area contributed by atoms with Crippen molar-refractivity contribution in [3.8, 4) is 11.5 Å². The van der Waals surface area contributed by atoms with Crippen molar-refractivity contribution in [1.29, 1.82) is 0 Å². The average molecular weight is 478 g/mol. The SMILES string of the molecule is CCN1C(=O)N2Cc3cc(OC)cc(OC)c3[C@@H](C)C=C2C12CCN(C(=O)C1C=CC=CC1)CC2. The van der Waals surface area contributed by atoms with Gasteiger partial charge in [-0.3, -0.25) is 9.69 Å². The molecule has 3 aliphatic heterocycles. The van der Waals surface area contributed by atoms with E-state index in [0.717, 1.165) is 47.6 Å². The maximum Gasteiger partial charge on any atom is 0.325 e. The van der Waals surface area contributed by atoms with Gasteiger partial charge in [-0.05, 0) is 37.8 Å². The molecule has 1 aromatic rings. The number of rotatable bonds is 4. The van der Waals surface area contributed by atoms with E-state index < -0.39 is 5.54 Å². The van der Waals surface area contributed by atoms with Crippen LogP contribution in [0.3, 0.4) is 0 Å². The van der Waals surface area contributed by atoms with Gasteiger partial charge < -0.3 is 19.3 Å². The summed E-state index contributed by atoms with van der Waals surface area (Å²) >= 11 is 0. The first-order valence-electron chi connectivity index (χ1n) is 12.6. The highest BCUT2D eigenvalue weighted by Gasteiger charge is 2.55. The Hall–Kier alpha value is -3.22. The molecule has 0 bridgehead atoms. The van der Waals surface area contributed by atoms with E-state index in [2.05, 4.69) is 19.1 Å². The molecule has 3 amide bonds. The van der Waals surface area contributed by atoms with Crippen LogP contribution in [-0.4, -0.2) is 66.0 Å². The zero-order valence-corrected chi connectivity index (χ0v) is 21.1. The Morgan fingerprint density at radius 3 is 2.54 bits per heavy atom. The summed E-state index contributed by atoms with van der Waals surface area (Å²) in [7, 11) is 3.32. The van der Waals surface area contributed by atoms with Crippen LogP contribution in [0.15, 0.2) is 48.2 Å². The van der Waals surface area contributed by atoms with Gasteiger partial charge in [-0.25, -0.2) is 4.79 Å². The molecule has 2 atom stereocenters. The van der Waals surface area contributed by atoms with Crippen molar-refractivity contribution in [2.45, 2.75) is 51.1 Å². The highest BCUT2D eigenvalue weighted by atomic mass is 16.5. The lowest BCUT2D eigenvalue weighted by Crippen LogP contribution is -2.55. The smallest absolute Gasteiger partial charge is 0.325 e. The summed E-state index contributed by atoms with van der Waals surface area (Å²) in [6, 6.07) is 3.98. The molecule has 1 spiro atoms. The number of fused-ring (bicyclic) bond motifs is 3. The van der Waals surface area contributed by atoms with Crippen molar-refractivity contribution in [2.75, 3.05) is 33.9 Å². The molecule has 1 aromatic carbocycles. The largest absolute Gasteiger partial charge is 0.497 e. The maximum absolute atomic E-state index is 13.7. The van der Waals surface area contributed by atoms with Crippen molar-refractivity contribution >= 4 is 11.9 Å². The van der Waals surface area contributed by atoms with Gasteiger partial charge in [0.25, 0.3) is 0 Å². The first-order chi connectivity index (χ1) is 16.9. The number of urea groups is 1. The molecule has 7 nitrogen and oxygen atoms in total. The van der Waals surface area contributed by atoms with Gasteiger partial charge in [0, 0.05) is 42.9 Å². The lowest BCUT2D eigenvalue weighted by atomic mass is 9.81. The lowest BCUT2D eigenvalue weighted by molar-refractivity contribution is -0.136. The molecule has 186 valence electrons. The van der Waals surface area contributed by atoms with Crippen molar-refractivity contribution < 1.29 is 19.1 Å².